The van der Waals surface area contributed by atoms with Gasteiger partial charge in [0.2, 0.25) is 10.0 Å². The summed E-state index contributed by atoms with van der Waals surface area (Å²) >= 11 is 1.23. The quantitative estimate of drug-likeness (QED) is 0.0719. The molecule has 0 radical (unpaired) electrons. The maximum absolute atomic E-state index is 11.8. The first-order chi connectivity index (χ1) is 16.3. The van der Waals surface area contributed by atoms with E-state index in [1.54, 1.807) is 18.2 Å². The number of anilines is 2. The van der Waals surface area contributed by atoms with Gasteiger partial charge in [0, 0.05) is 10.6 Å². The second-order valence-corrected chi connectivity index (χ2v) is 9.91. The van der Waals surface area contributed by atoms with Gasteiger partial charge in [0.1, 0.15) is 17.1 Å². The van der Waals surface area contributed by atoms with Crippen LogP contribution in [0.1, 0.15) is 6.92 Å². The summed E-state index contributed by atoms with van der Waals surface area (Å²) in [7, 11) is -3.53. The smallest absolute Gasteiger partial charge is 0.232 e. The van der Waals surface area contributed by atoms with Gasteiger partial charge in [0.15, 0.2) is 0 Å². The second-order valence-electron chi connectivity index (χ2n) is 6.38. The minimum Gasteiger partial charge on any atom is -0.507 e. The Morgan fingerprint density at radius 2 is 1.76 bits per heavy atom. The number of phenols is 1. The van der Waals surface area contributed by atoms with Gasteiger partial charge in [-0.25, -0.2) is 18.9 Å². The van der Waals surface area contributed by atoms with E-state index < -0.39 is 10.0 Å². The van der Waals surface area contributed by atoms with Gasteiger partial charge >= 0.3 is 0 Å². The molecule has 0 amide bonds. The molecule has 0 unspecified atom stereocenters. The van der Waals surface area contributed by atoms with Crippen LogP contribution in [0, 0.1) is 0 Å². The molecule has 0 spiro atoms. The van der Waals surface area contributed by atoms with Crippen molar-refractivity contribution in [3.63, 3.8) is 0 Å². The lowest BCUT2D eigenvalue weighted by atomic mass is 10.1. The number of benzene rings is 3. The maximum atomic E-state index is 11.8. The predicted molar refractivity (Wildman–Crippen MR) is 125 cm³/mol. The number of fused-ring (bicyclic) bond motifs is 1. The molecular formula is C18H18N4O9S3. The Balaban J connectivity index is 2.02. The molecule has 0 saturated carbocycles. The van der Waals surface area contributed by atoms with Crippen molar-refractivity contribution in [2.75, 3.05) is 16.2 Å². The van der Waals surface area contributed by atoms with Crippen molar-refractivity contribution in [1.29, 1.82) is 0 Å². The molecule has 0 aliphatic carbocycles. The molecule has 0 fully saturated rings. The van der Waals surface area contributed by atoms with Gasteiger partial charge in [-0.1, -0.05) is 16.1 Å². The van der Waals surface area contributed by atoms with E-state index in [0.29, 0.717) is 39.8 Å². The lowest BCUT2D eigenvalue weighted by Crippen LogP contribution is -2.14. The van der Waals surface area contributed by atoms with Crippen molar-refractivity contribution in [3.8, 4) is 5.75 Å². The molecule has 3 aromatic rings. The zero-order chi connectivity index (χ0) is 24.7. The normalized spacial score (nSPS) is 12.0. The Labute approximate surface area is 201 Å². The van der Waals surface area contributed by atoms with Crippen molar-refractivity contribution in [1.82, 2.24) is 0 Å². The molecule has 0 aromatic heterocycles. The summed E-state index contributed by atoms with van der Waals surface area (Å²) in [6.45, 7) is 1.49. The van der Waals surface area contributed by atoms with E-state index >= 15 is 0 Å². The van der Waals surface area contributed by atoms with E-state index in [9.17, 15) is 13.5 Å². The molecule has 0 heterocycles. The van der Waals surface area contributed by atoms with Gasteiger partial charge in [-0.2, -0.15) is 0 Å². The number of azo groups is 1. The standard InChI is InChI=1S/C18H18N4O9S3/c1-2-34(26,27)22-11-4-6-14(16(8-11)33-31-29-25)20-21-18-13(19)5-3-10-7-12(32-30-28-24)9-15(23)17(10)18/h3-9,22-25H,2,19H2,1H3. The van der Waals surface area contributed by atoms with E-state index in [0.717, 1.165) is 0 Å². The van der Waals surface area contributed by atoms with Crippen LogP contribution in [0.25, 0.3) is 10.8 Å². The van der Waals surface area contributed by atoms with Crippen molar-refractivity contribution in [2.24, 2.45) is 10.2 Å². The SMILES string of the molecule is CCS(=O)(=O)Nc1ccc(N=Nc2c(N)ccc3cc(SOOO)cc(O)c23)c(SOOO)c1. The van der Waals surface area contributed by atoms with Gasteiger partial charge in [-0.3, -0.25) is 4.72 Å². The highest BCUT2D eigenvalue weighted by Crippen LogP contribution is 2.42. The highest BCUT2D eigenvalue weighted by Gasteiger charge is 2.14. The largest absolute Gasteiger partial charge is 0.507 e. The minimum atomic E-state index is -3.53. The van der Waals surface area contributed by atoms with Crippen molar-refractivity contribution in [3.05, 3.63) is 42.5 Å². The number of nitrogens with one attached hydrogen (secondary N) is 1. The number of hydrogen-bond donors (Lipinski definition) is 5. The number of sulfonamides is 1. The fourth-order valence-corrected chi connectivity index (χ4v) is 4.31. The van der Waals surface area contributed by atoms with Gasteiger partial charge in [-0.15, -0.1) is 18.9 Å². The van der Waals surface area contributed by atoms with Gasteiger partial charge in [0.25, 0.3) is 0 Å². The first kappa shape index (κ1) is 25.9. The van der Waals surface area contributed by atoms with E-state index in [1.807, 2.05) is 0 Å². The summed E-state index contributed by atoms with van der Waals surface area (Å²) in [5, 5.41) is 43.7. The van der Waals surface area contributed by atoms with Crippen LogP contribution in [0.3, 0.4) is 0 Å². The number of nitrogens with two attached hydrogens (primary N) is 1. The summed E-state index contributed by atoms with van der Waals surface area (Å²) in [6.07, 6.45) is 0. The molecule has 3 aromatic carbocycles. The summed E-state index contributed by atoms with van der Waals surface area (Å²) in [4.78, 5) is 0.675. The molecular weight excluding hydrogens is 512 g/mol. The molecule has 3 rings (SSSR count). The van der Waals surface area contributed by atoms with Crippen LogP contribution >= 0.6 is 24.1 Å². The Bertz CT molecular complexity index is 1310. The first-order valence-electron chi connectivity index (χ1n) is 9.19. The van der Waals surface area contributed by atoms with E-state index in [2.05, 4.69) is 33.7 Å². The van der Waals surface area contributed by atoms with Gasteiger partial charge in [-0.05, 0) is 48.7 Å². The number of rotatable bonds is 11. The summed E-state index contributed by atoms with van der Waals surface area (Å²) in [6, 6.07) is 10.5. The fraction of sp³-hybridized carbons (Fsp3) is 0.111. The molecule has 34 heavy (non-hydrogen) atoms. The second kappa shape index (κ2) is 11.6. The summed E-state index contributed by atoms with van der Waals surface area (Å²) in [5.74, 6) is -0.310. The highest BCUT2D eigenvalue weighted by molar-refractivity contribution is 7.95. The third kappa shape index (κ3) is 6.47. The maximum Gasteiger partial charge on any atom is 0.232 e. The molecule has 16 heteroatoms. The molecule has 182 valence electrons. The Morgan fingerprint density at radius 3 is 2.47 bits per heavy atom. The van der Waals surface area contributed by atoms with Gasteiger partial charge in [0.05, 0.1) is 45.8 Å². The van der Waals surface area contributed by atoms with Crippen molar-refractivity contribution >= 4 is 67.6 Å². The van der Waals surface area contributed by atoms with E-state index in [1.165, 1.54) is 31.2 Å². The third-order valence-corrected chi connectivity index (χ3v) is 6.76. The third-order valence-electron chi connectivity index (χ3n) is 4.26. The van der Waals surface area contributed by atoms with Crippen LogP contribution in [0.15, 0.2) is 62.5 Å². The van der Waals surface area contributed by atoms with Crippen LogP contribution < -0.4 is 10.5 Å². The Morgan fingerprint density at radius 1 is 1.03 bits per heavy atom. The highest BCUT2D eigenvalue weighted by atomic mass is 32.2. The van der Waals surface area contributed by atoms with Crippen molar-refractivity contribution < 1.29 is 42.8 Å². The van der Waals surface area contributed by atoms with Crippen LogP contribution in [-0.2, 0) is 28.8 Å². The van der Waals surface area contributed by atoms with Crippen LogP contribution in [0.2, 0.25) is 0 Å². The summed E-state index contributed by atoms with van der Waals surface area (Å²) < 4.78 is 34.9. The van der Waals surface area contributed by atoms with Gasteiger partial charge < -0.3 is 10.8 Å². The number of phenolic OH excluding ortho intramolecular Hbond substituents is 1. The molecule has 0 atom stereocenters. The average molecular weight is 531 g/mol. The van der Waals surface area contributed by atoms with E-state index in [4.69, 9.17) is 16.2 Å². The average Bonchev–Trinajstić information content (AvgIpc) is 2.81. The lowest BCUT2D eigenvalue weighted by molar-refractivity contribution is -0.432. The zero-order valence-corrected chi connectivity index (χ0v) is 19.7. The Hall–Kier alpha value is -2.67. The molecule has 13 nitrogen and oxygen atoms in total. The molecule has 0 saturated heterocycles. The fourth-order valence-electron chi connectivity index (χ4n) is 2.76. The molecule has 0 aliphatic heterocycles. The lowest BCUT2D eigenvalue weighted by Gasteiger charge is -2.10. The Kier molecular flexibility index (Phi) is 8.89. The zero-order valence-electron chi connectivity index (χ0n) is 17.2. The minimum absolute atomic E-state index is 0.129. The molecule has 6 N–H and O–H groups in total. The topological polar surface area (TPSA) is 195 Å². The van der Waals surface area contributed by atoms with Crippen LogP contribution in [0.4, 0.5) is 22.7 Å². The van der Waals surface area contributed by atoms with Crippen LogP contribution in [0.5, 0.6) is 5.75 Å². The van der Waals surface area contributed by atoms with Crippen molar-refractivity contribution in [2.45, 2.75) is 16.7 Å². The number of aromatic hydroxyl groups is 1. The molecule has 0 aliphatic rings. The molecule has 0 bridgehead atoms. The van der Waals surface area contributed by atoms with Crippen LogP contribution in [-0.4, -0.2) is 29.8 Å². The number of nitrogen functional groups attached to an aromatic ring is 1. The number of hydrogen-bond acceptors (Lipinski definition) is 14. The summed E-state index contributed by atoms with van der Waals surface area (Å²) in [5.41, 5.74) is 6.89. The number of nitrogens with zero attached hydrogens (tertiary/aromatic N) is 2. The first-order valence-corrected chi connectivity index (χ1v) is 12.3. The predicted octanol–water partition coefficient (Wildman–Crippen LogP) is 5.16. The monoisotopic (exact) mass is 530 g/mol. The van der Waals surface area contributed by atoms with E-state index in [-0.39, 0.29) is 39.1 Å².